The van der Waals surface area contributed by atoms with Crippen molar-refractivity contribution in [3.63, 3.8) is 0 Å². The van der Waals surface area contributed by atoms with Crippen molar-refractivity contribution in [2.45, 2.75) is 50.4 Å². The molecule has 3 atom stereocenters. The average molecular weight is 394 g/mol. The molecule has 0 heterocycles. The molecule has 2 amide bonds. The Morgan fingerprint density at radius 1 is 1.23 bits per heavy atom. The Morgan fingerprint density at radius 3 is 2.35 bits per heavy atom. The number of alkyl halides is 3. The fourth-order valence-corrected chi connectivity index (χ4v) is 3.17. The zero-order valence-electron chi connectivity index (χ0n) is 14.3. The monoisotopic (exact) mass is 393 g/mol. The minimum Gasteiger partial charge on any atom is -0.367 e. The Kier molecular flexibility index (Phi) is 7.07. The van der Waals surface area contributed by atoms with Gasteiger partial charge in [0.25, 0.3) is 0 Å². The second-order valence-corrected chi connectivity index (χ2v) is 6.67. The van der Waals surface area contributed by atoms with Crippen LogP contribution in [-0.2, 0) is 21.3 Å². The van der Waals surface area contributed by atoms with Crippen molar-refractivity contribution in [2.75, 3.05) is 0 Å². The van der Waals surface area contributed by atoms with E-state index in [2.05, 4.69) is 5.32 Å². The molecule has 0 aliphatic heterocycles. The normalized spacial score (nSPS) is 22.2. The van der Waals surface area contributed by atoms with Crippen LogP contribution in [0.3, 0.4) is 0 Å². The summed E-state index contributed by atoms with van der Waals surface area (Å²) < 4.78 is 38.7. The maximum atomic E-state index is 12.9. The Labute approximate surface area is 156 Å². The highest BCUT2D eigenvalue weighted by Gasteiger charge is 2.38. The fraction of sp³-hybridized carbons (Fsp3) is 0.529. The first-order valence-electron chi connectivity index (χ1n) is 8.08. The van der Waals surface area contributed by atoms with Crippen LogP contribution in [0.4, 0.5) is 13.2 Å². The predicted molar refractivity (Wildman–Crippen MR) is 93.3 cm³/mol. The van der Waals surface area contributed by atoms with Gasteiger partial charge < -0.3 is 16.8 Å². The molecule has 146 valence electrons. The van der Waals surface area contributed by atoms with Gasteiger partial charge in [0.15, 0.2) is 0 Å². The summed E-state index contributed by atoms with van der Waals surface area (Å²) in [4.78, 5) is 24.2. The van der Waals surface area contributed by atoms with Gasteiger partial charge in [0.2, 0.25) is 11.8 Å². The quantitative estimate of drug-likeness (QED) is 0.716. The summed E-state index contributed by atoms with van der Waals surface area (Å²) in [5, 5.41) is 2.50. The smallest absolute Gasteiger partial charge is 0.367 e. The molecule has 1 aliphatic carbocycles. The maximum Gasteiger partial charge on any atom is 0.416 e. The first kappa shape index (κ1) is 22.2. The van der Waals surface area contributed by atoms with E-state index in [1.54, 1.807) is 0 Å². The van der Waals surface area contributed by atoms with Crippen LogP contribution in [0.1, 0.15) is 43.7 Å². The van der Waals surface area contributed by atoms with Crippen LogP contribution in [-0.4, -0.2) is 17.9 Å². The lowest BCUT2D eigenvalue weighted by atomic mass is 9.89. The largest absolute Gasteiger partial charge is 0.416 e. The number of nitrogens with one attached hydrogen (secondary N) is 1. The number of nitrogens with two attached hydrogens (primary N) is 2. The van der Waals surface area contributed by atoms with Crippen LogP contribution < -0.4 is 16.8 Å². The molecule has 0 aromatic heterocycles. The number of rotatable bonds is 5. The van der Waals surface area contributed by atoms with Crippen molar-refractivity contribution in [3.8, 4) is 0 Å². The van der Waals surface area contributed by atoms with Crippen LogP contribution in [0, 0.1) is 5.92 Å². The van der Waals surface area contributed by atoms with Gasteiger partial charge in [-0.15, -0.1) is 12.4 Å². The molecule has 1 aliphatic rings. The van der Waals surface area contributed by atoms with Gasteiger partial charge in [0.05, 0.1) is 5.56 Å². The predicted octanol–water partition coefficient (Wildman–Crippen LogP) is 2.46. The van der Waals surface area contributed by atoms with E-state index in [1.807, 2.05) is 0 Å². The first-order valence-corrected chi connectivity index (χ1v) is 8.08. The minimum atomic E-state index is -4.56. The lowest BCUT2D eigenvalue weighted by Crippen LogP contribution is -2.53. The average Bonchev–Trinajstić information content (AvgIpc) is 2.91. The molecule has 2 rings (SSSR count). The molecule has 1 aromatic carbocycles. The Bertz CT molecular complexity index is 669. The summed E-state index contributed by atoms with van der Waals surface area (Å²) in [5.74, 6) is -1.39. The highest BCUT2D eigenvalue weighted by Crippen LogP contribution is 2.32. The molecule has 0 saturated heterocycles. The van der Waals surface area contributed by atoms with Gasteiger partial charge in [-0.2, -0.15) is 13.2 Å². The molecule has 1 unspecified atom stereocenters. The van der Waals surface area contributed by atoms with E-state index in [-0.39, 0.29) is 36.4 Å². The second kappa shape index (κ2) is 8.26. The van der Waals surface area contributed by atoms with Crippen molar-refractivity contribution >= 4 is 24.2 Å². The molecule has 9 heteroatoms. The van der Waals surface area contributed by atoms with Crippen LogP contribution in [0.2, 0.25) is 0 Å². The van der Waals surface area contributed by atoms with Crippen molar-refractivity contribution in [2.24, 2.45) is 17.4 Å². The summed E-state index contributed by atoms with van der Waals surface area (Å²) in [7, 11) is 0. The highest BCUT2D eigenvalue weighted by atomic mass is 35.5. The Hall–Kier alpha value is -1.80. The molecule has 5 N–H and O–H groups in total. The van der Waals surface area contributed by atoms with Gasteiger partial charge in [0.1, 0.15) is 5.54 Å². The Balaban J connectivity index is 0.00000338. The summed E-state index contributed by atoms with van der Waals surface area (Å²) in [6.07, 6.45) is -1.87. The molecule has 0 spiro atoms. The molecule has 1 aromatic rings. The molecular weight excluding hydrogens is 371 g/mol. The van der Waals surface area contributed by atoms with E-state index in [9.17, 15) is 22.8 Å². The van der Waals surface area contributed by atoms with Crippen molar-refractivity contribution in [1.82, 2.24) is 5.32 Å². The zero-order chi connectivity index (χ0) is 18.8. The topological polar surface area (TPSA) is 98.2 Å². The van der Waals surface area contributed by atoms with Crippen LogP contribution in [0.25, 0.3) is 0 Å². The van der Waals surface area contributed by atoms with E-state index in [0.717, 1.165) is 31.4 Å². The lowest BCUT2D eigenvalue weighted by Gasteiger charge is -2.29. The van der Waals surface area contributed by atoms with Crippen LogP contribution in [0.5, 0.6) is 0 Å². The van der Waals surface area contributed by atoms with Crippen LogP contribution in [0.15, 0.2) is 24.3 Å². The van der Waals surface area contributed by atoms with E-state index in [1.165, 1.54) is 19.1 Å². The maximum absolute atomic E-state index is 12.9. The lowest BCUT2D eigenvalue weighted by molar-refractivity contribution is -0.138. The van der Waals surface area contributed by atoms with E-state index < -0.39 is 29.1 Å². The number of hydrogen-bond acceptors (Lipinski definition) is 3. The molecule has 5 nitrogen and oxygen atoms in total. The third-order valence-corrected chi connectivity index (χ3v) is 4.81. The number of amides is 2. The SMILES string of the molecule is CC(NC(=O)C[C@@H]1CCC[C@H]1N)(C(N)=O)c1cccc(C(F)(F)F)c1.Cl. The minimum absolute atomic E-state index is 0. The zero-order valence-corrected chi connectivity index (χ0v) is 15.1. The summed E-state index contributed by atoms with van der Waals surface area (Å²) in [5.41, 5.74) is 8.66. The molecule has 26 heavy (non-hydrogen) atoms. The number of benzene rings is 1. The molecule has 0 bridgehead atoms. The fourth-order valence-electron chi connectivity index (χ4n) is 3.17. The number of carbonyl (C=O) groups excluding carboxylic acids is 2. The standard InChI is InChI=1S/C17H22F3N3O2.ClH/c1-16(15(22)25,11-5-3-6-12(9-11)17(18,19)20)23-14(24)8-10-4-2-7-13(10)21;/h3,5-6,9-10,13H,2,4,7-8,21H2,1H3,(H2,22,25)(H,23,24);1H/t10-,13+,16?;/m0./s1. The van der Waals surface area contributed by atoms with Gasteiger partial charge in [-0.05, 0) is 43.4 Å². The summed E-state index contributed by atoms with van der Waals surface area (Å²) >= 11 is 0. The Morgan fingerprint density at radius 2 is 1.85 bits per heavy atom. The molecule has 0 radical (unpaired) electrons. The third kappa shape index (κ3) is 4.88. The third-order valence-electron chi connectivity index (χ3n) is 4.81. The number of hydrogen-bond donors (Lipinski definition) is 3. The van der Waals surface area contributed by atoms with Gasteiger partial charge in [0, 0.05) is 12.5 Å². The summed E-state index contributed by atoms with van der Waals surface area (Å²) in [6.45, 7) is 1.30. The first-order chi connectivity index (χ1) is 11.5. The molecule has 1 saturated carbocycles. The highest BCUT2D eigenvalue weighted by molar-refractivity contribution is 5.91. The van der Waals surface area contributed by atoms with Gasteiger partial charge in [-0.1, -0.05) is 18.6 Å². The number of carbonyl (C=O) groups is 2. The molecule has 1 fully saturated rings. The van der Waals surface area contributed by atoms with E-state index >= 15 is 0 Å². The van der Waals surface area contributed by atoms with Crippen LogP contribution >= 0.6 is 12.4 Å². The van der Waals surface area contributed by atoms with Gasteiger partial charge >= 0.3 is 6.18 Å². The van der Waals surface area contributed by atoms with Gasteiger partial charge in [-0.3, -0.25) is 9.59 Å². The number of halogens is 4. The van der Waals surface area contributed by atoms with Crippen molar-refractivity contribution in [3.05, 3.63) is 35.4 Å². The van der Waals surface area contributed by atoms with Gasteiger partial charge in [-0.25, -0.2) is 0 Å². The van der Waals surface area contributed by atoms with E-state index in [0.29, 0.717) is 0 Å². The van der Waals surface area contributed by atoms with Crippen molar-refractivity contribution in [1.29, 1.82) is 0 Å². The molecular formula is C17H23ClF3N3O2. The number of primary amides is 1. The second-order valence-electron chi connectivity index (χ2n) is 6.67. The summed E-state index contributed by atoms with van der Waals surface area (Å²) in [6, 6.07) is 4.15. The van der Waals surface area contributed by atoms with Crippen molar-refractivity contribution < 1.29 is 22.8 Å². The van der Waals surface area contributed by atoms with E-state index in [4.69, 9.17) is 11.5 Å².